The van der Waals surface area contributed by atoms with Crippen molar-refractivity contribution < 1.29 is 25.2 Å². The summed E-state index contributed by atoms with van der Waals surface area (Å²) in [6.45, 7) is 0.00855. The normalized spacial score (nSPS) is 30.0. The minimum atomic E-state index is -1.34. The van der Waals surface area contributed by atoms with E-state index >= 15 is 0 Å². The molecule has 0 aromatic carbocycles. The van der Waals surface area contributed by atoms with E-state index in [4.69, 9.17) is 14.9 Å². The second-order valence-electron chi connectivity index (χ2n) is 3.28. The maximum Gasteiger partial charge on any atom is 0.110 e. The van der Waals surface area contributed by atoms with Crippen LogP contribution in [0.2, 0.25) is 0 Å². The zero-order valence-electron chi connectivity index (χ0n) is 7.33. The lowest BCUT2D eigenvalue weighted by Gasteiger charge is -2.25. The number of hydrogen-bond acceptors (Lipinski definition) is 5. The molecule has 0 aliphatic carbocycles. The van der Waals surface area contributed by atoms with Gasteiger partial charge < -0.3 is 25.2 Å². The summed E-state index contributed by atoms with van der Waals surface area (Å²) in [4.78, 5) is 0. The van der Waals surface area contributed by atoms with Crippen molar-refractivity contribution in [3.8, 4) is 0 Å². The second-order valence-corrected chi connectivity index (χ2v) is 3.28. The van der Waals surface area contributed by atoms with Crippen molar-refractivity contribution in [1.29, 1.82) is 0 Å². The van der Waals surface area contributed by atoms with Crippen LogP contribution in [0, 0.1) is 0 Å². The zero-order valence-corrected chi connectivity index (χ0v) is 7.33. The predicted octanol–water partition coefficient (Wildman–Crippen LogP) is -1.76. The quantitative estimate of drug-likeness (QED) is 0.423. The summed E-state index contributed by atoms with van der Waals surface area (Å²) in [5, 5.41) is 36.4. The van der Waals surface area contributed by atoms with Crippen molar-refractivity contribution in [2.24, 2.45) is 0 Å². The van der Waals surface area contributed by atoms with Crippen LogP contribution in [-0.2, 0) is 4.74 Å². The van der Waals surface area contributed by atoms with Gasteiger partial charge in [0.05, 0.1) is 12.7 Å². The van der Waals surface area contributed by atoms with Gasteiger partial charge in [0.2, 0.25) is 0 Å². The fraction of sp³-hybridized carbons (Fsp3) is 1.00. The molecule has 4 unspecified atom stereocenters. The van der Waals surface area contributed by atoms with E-state index in [0.717, 1.165) is 6.42 Å². The van der Waals surface area contributed by atoms with E-state index in [9.17, 15) is 10.2 Å². The highest BCUT2D eigenvalue weighted by Gasteiger charge is 2.33. The van der Waals surface area contributed by atoms with Gasteiger partial charge in [0.25, 0.3) is 0 Å². The highest BCUT2D eigenvalue weighted by atomic mass is 16.5. The van der Waals surface area contributed by atoms with Crippen molar-refractivity contribution in [2.75, 3.05) is 13.2 Å². The number of aliphatic hydroxyl groups is 4. The first-order valence-electron chi connectivity index (χ1n) is 4.43. The van der Waals surface area contributed by atoms with E-state index in [1.165, 1.54) is 0 Å². The van der Waals surface area contributed by atoms with E-state index in [2.05, 4.69) is 0 Å². The molecule has 0 amide bonds. The Morgan fingerprint density at radius 2 is 2.00 bits per heavy atom. The second kappa shape index (κ2) is 4.88. The van der Waals surface area contributed by atoms with Crippen LogP contribution >= 0.6 is 0 Å². The van der Waals surface area contributed by atoms with E-state index in [1.807, 2.05) is 0 Å². The third-order valence-corrected chi connectivity index (χ3v) is 2.28. The standard InChI is InChI=1S/C8H16O5/c9-4-5(10)7(11)8(12)6-2-1-3-13-6/h5-12H,1-4H2. The first-order valence-corrected chi connectivity index (χ1v) is 4.43. The fourth-order valence-electron chi connectivity index (χ4n) is 1.43. The molecule has 1 heterocycles. The molecule has 1 aliphatic heterocycles. The largest absolute Gasteiger partial charge is 0.394 e. The molecule has 1 fully saturated rings. The maximum atomic E-state index is 9.47. The third-order valence-electron chi connectivity index (χ3n) is 2.28. The lowest BCUT2D eigenvalue weighted by Crippen LogP contribution is -2.45. The van der Waals surface area contributed by atoms with Gasteiger partial charge in [-0.3, -0.25) is 0 Å². The van der Waals surface area contributed by atoms with Gasteiger partial charge in [0.1, 0.15) is 18.3 Å². The van der Waals surface area contributed by atoms with E-state index in [0.29, 0.717) is 13.0 Å². The Kier molecular flexibility index (Phi) is 4.08. The molecule has 1 rings (SSSR count). The van der Waals surface area contributed by atoms with Crippen molar-refractivity contribution in [1.82, 2.24) is 0 Å². The van der Waals surface area contributed by atoms with E-state index < -0.39 is 31.0 Å². The Labute approximate surface area is 76.6 Å². The molecule has 78 valence electrons. The average Bonchev–Trinajstić information content (AvgIpc) is 2.67. The van der Waals surface area contributed by atoms with Crippen LogP contribution in [0.5, 0.6) is 0 Å². The number of rotatable bonds is 4. The van der Waals surface area contributed by atoms with Gasteiger partial charge in [-0.1, -0.05) is 0 Å². The Bertz CT molecular complexity index is 145. The van der Waals surface area contributed by atoms with Crippen LogP contribution in [0.3, 0.4) is 0 Å². The lowest BCUT2D eigenvalue weighted by atomic mass is 10.0. The average molecular weight is 192 g/mol. The fourth-order valence-corrected chi connectivity index (χ4v) is 1.43. The molecule has 13 heavy (non-hydrogen) atoms. The Hall–Kier alpha value is -0.200. The summed E-state index contributed by atoms with van der Waals surface area (Å²) >= 11 is 0. The molecular formula is C8H16O5. The number of hydrogen-bond donors (Lipinski definition) is 4. The van der Waals surface area contributed by atoms with Gasteiger partial charge in [-0.25, -0.2) is 0 Å². The molecule has 1 aliphatic rings. The molecular weight excluding hydrogens is 176 g/mol. The summed E-state index contributed by atoms with van der Waals surface area (Å²) in [5.74, 6) is 0. The van der Waals surface area contributed by atoms with Crippen LogP contribution < -0.4 is 0 Å². The number of aliphatic hydroxyl groups excluding tert-OH is 4. The van der Waals surface area contributed by atoms with Crippen LogP contribution in [0.4, 0.5) is 0 Å². The molecule has 5 heteroatoms. The Balaban J connectivity index is 2.40. The molecule has 0 spiro atoms. The van der Waals surface area contributed by atoms with Crippen molar-refractivity contribution in [3.63, 3.8) is 0 Å². The van der Waals surface area contributed by atoms with Crippen LogP contribution in [0.25, 0.3) is 0 Å². The summed E-state index contributed by atoms with van der Waals surface area (Å²) in [5.41, 5.74) is 0. The van der Waals surface area contributed by atoms with Crippen LogP contribution in [0.15, 0.2) is 0 Å². The predicted molar refractivity (Wildman–Crippen MR) is 44.1 cm³/mol. The molecule has 4 N–H and O–H groups in total. The summed E-state index contributed by atoms with van der Waals surface area (Å²) in [6, 6.07) is 0. The first-order chi connectivity index (χ1) is 6.16. The van der Waals surface area contributed by atoms with Crippen LogP contribution in [-0.4, -0.2) is 58.1 Å². The van der Waals surface area contributed by atoms with Gasteiger partial charge in [-0.2, -0.15) is 0 Å². The van der Waals surface area contributed by atoms with Crippen LogP contribution in [0.1, 0.15) is 12.8 Å². The SMILES string of the molecule is OCC(O)C(O)C(O)C1CCCO1. The molecule has 0 aromatic heterocycles. The monoisotopic (exact) mass is 192 g/mol. The smallest absolute Gasteiger partial charge is 0.110 e. The minimum absolute atomic E-state index is 0.420. The number of ether oxygens (including phenoxy) is 1. The van der Waals surface area contributed by atoms with Gasteiger partial charge in [-0.15, -0.1) is 0 Å². The minimum Gasteiger partial charge on any atom is -0.394 e. The first kappa shape index (κ1) is 10.9. The molecule has 4 atom stereocenters. The van der Waals surface area contributed by atoms with Gasteiger partial charge in [-0.05, 0) is 12.8 Å². The van der Waals surface area contributed by atoms with Crippen molar-refractivity contribution in [3.05, 3.63) is 0 Å². The molecule has 0 bridgehead atoms. The zero-order chi connectivity index (χ0) is 9.84. The van der Waals surface area contributed by atoms with Crippen molar-refractivity contribution in [2.45, 2.75) is 37.3 Å². The Morgan fingerprint density at radius 1 is 1.31 bits per heavy atom. The molecule has 1 saturated heterocycles. The van der Waals surface area contributed by atoms with Gasteiger partial charge in [0.15, 0.2) is 0 Å². The van der Waals surface area contributed by atoms with Gasteiger partial charge >= 0.3 is 0 Å². The summed E-state index contributed by atoms with van der Waals surface area (Å²) < 4.78 is 5.13. The molecule has 0 saturated carbocycles. The van der Waals surface area contributed by atoms with Crippen molar-refractivity contribution >= 4 is 0 Å². The summed E-state index contributed by atoms with van der Waals surface area (Å²) in [6.07, 6.45) is -2.66. The topological polar surface area (TPSA) is 90.2 Å². The van der Waals surface area contributed by atoms with E-state index in [-0.39, 0.29) is 0 Å². The highest BCUT2D eigenvalue weighted by molar-refractivity contribution is 4.83. The maximum absolute atomic E-state index is 9.47. The molecule has 0 aromatic rings. The lowest BCUT2D eigenvalue weighted by molar-refractivity contribution is -0.118. The molecule has 5 nitrogen and oxygen atoms in total. The molecule has 0 radical (unpaired) electrons. The Morgan fingerprint density at radius 3 is 2.46 bits per heavy atom. The third kappa shape index (κ3) is 2.62. The highest BCUT2D eigenvalue weighted by Crippen LogP contribution is 2.18. The summed E-state index contributed by atoms with van der Waals surface area (Å²) in [7, 11) is 0. The van der Waals surface area contributed by atoms with E-state index in [1.54, 1.807) is 0 Å². The van der Waals surface area contributed by atoms with Gasteiger partial charge in [0, 0.05) is 6.61 Å².